The number of halogens is 1. The molecule has 0 saturated heterocycles. The lowest BCUT2D eigenvalue weighted by molar-refractivity contribution is 0.102. The molecule has 0 radical (unpaired) electrons. The van der Waals surface area contributed by atoms with Crippen molar-refractivity contribution in [3.8, 4) is 22.7 Å². The largest absolute Gasteiger partial charge is 0.403 e. The Hall–Kier alpha value is -3.45. The van der Waals surface area contributed by atoms with E-state index in [1.807, 2.05) is 31.2 Å². The molecule has 4 aromatic rings. The summed E-state index contributed by atoms with van der Waals surface area (Å²) in [5.74, 6) is 0.183. The first-order chi connectivity index (χ1) is 13.5. The predicted molar refractivity (Wildman–Crippen MR) is 104 cm³/mol. The van der Waals surface area contributed by atoms with Gasteiger partial charge in [-0.05, 0) is 32.0 Å². The highest BCUT2D eigenvalue weighted by Crippen LogP contribution is 2.31. The van der Waals surface area contributed by atoms with E-state index in [9.17, 15) is 4.79 Å². The normalized spacial score (nSPS) is 10.8. The Labute approximate surface area is 165 Å². The Balaban J connectivity index is 1.61. The molecule has 0 bridgehead atoms. The van der Waals surface area contributed by atoms with Gasteiger partial charge in [-0.2, -0.15) is 0 Å². The molecule has 0 aliphatic carbocycles. The first-order valence-electron chi connectivity index (χ1n) is 8.46. The summed E-state index contributed by atoms with van der Waals surface area (Å²) in [5, 5.41) is 14.9. The van der Waals surface area contributed by atoms with E-state index >= 15 is 0 Å². The summed E-state index contributed by atoms with van der Waals surface area (Å²) >= 11 is 6.23. The molecule has 0 fully saturated rings. The molecule has 0 aliphatic heterocycles. The standard InChI is InChI=1S/C20H15ClN4O3/c1-11-7-9-13(10-8-11)19-23-24-20(27-19)22-18(26)16-12(2)28-25-17(16)14-5-3-4-6-15(14)21/h3-10H,1-2H3,(H,22,24,26). The molecular formula is C20H15ClN4O3. The van der Waals surface area contributed by atoms with Crippen LogP contribution in [0.5, 0.6) is 0 Å². The van der Waals surface area contributed by atoms with Gasteiger partial charge < -0.3 is 8.94 Å². The van der Waals surface area contributed by atoms with Crippen LogP contribution >= 0.6 is 11.6 Å². The molecule has 1 amide bonds. The topological polar surface area (TPSA) is 94.1 Å². The summed E-state index contributed by atoms with van der Waals surface area (Å²) in [6.45, 7) is 3.63. The maximum absolute atomic E-state index is 12.8. The molecule has 1 N–H and O–H groups in total. The van der Waals surface area contributed by atoms with Crippen molar-refractivity contribution in [2.75, 3.05) is 5.32 Å². The third-order valence-corrected chi connectivity index (χ3v) is 4.49. The van der Waals surface area contributed by atoms with Gasteiger partial charge in [-0.3, -0.25) is 10.1 Å². The fourth-order valence-electron chi connectivity index (χ4n) is 2.72. The summed E-state index contributed by atoms with van der Waals surface area (Å²) in [5.41, 5.74) is 3.07. The second-order valence-corrected chi connectivity index (χ2v) is 6.58. The molecular weight excluding hydrogens is 380 g/mol. The molecule has 0 atom stereocenters. The fraction of sp³-hybridized carbons (Fsp3) is 0.100. The number of benzene rings is 2. The molecule has 0 spiro atoms. The first-order valence-corrected chi connectivity index (χ1v) is 8.84. The van der Waals surface area contributed by atoms with Gasteiger partial charge in [0.05, 0.1) is 5.02 Å². The van der Waals surface area contributed by atoms with Crippen molar-refractivity contribution in [2.45, 2.75) is 13.8 Å². The van der Waals surface area contributed by atoms with Crippen LogP contribution in [0, 0.1) is 13.8 Å². The summed E-state index contributed by atoms with van der Waals surface area (Å²) < 4.78 is 10.8. The van der Waals surface area contributed by atoms with Gasteiger partial charge in [0.2, 0.25) is 5.89 Å². The van der Waals surface area contributed by atoms with E-state index in [4.69, 9.17) is 20.5 Å². The van der Waals surface area contributed by atoms with Gasteiger partial charge in [-0.15, -0.1) is 5.10 Å². The molecule has 2 heterocycles. The van der Waals surface area contributed by atoms with E-state index in [0.717, 1.165) is 11.1 Å². The quantitative estimate of drug-likeness (QED) is 0.528. The van der Waals surface area contributed by atoms with Crippen LogP contribution in [0.25, 0.3) is 22.7 Å². The SMILES string of the molecule is Cc1ccc(-c2nnc(NC(=O)c3c(-c4ccccc4Cl)noc3C)o2)cc1. The number of hydrogen-bond acceptors (Lipinski definition) is 6. The summed E-state index contributed by atoms with van der Waals surface area (Å²) in [6, 6.07) is 14.7. The second kappa shape index (κ2) is 7.28. The van der Waals surface area contributed by atoms with E-state index < -0.39 is 5.91 Å². The molecule has 140 valence electrons. The van der Waals surface area contributed by atoms with E-state index in [1.54, 1.807) is 31.2 Å². The third kappa shape index (κ3) is 3.39. The van der Waals surface area contributed by atoms with E-state index in [0.29, 0.717) is 27.9 Å². The number of carbonyl (C=O) groups is 1. The van der Waals surface area contributed by atoms with Gasteiger partial charge >= 0.3 is 6.01 Å². The predicted octanol–water partition coefficient (Wildman–Crippen LogP) is 4.91. The van der Waals surface area contributed by atoms with Crippen molar-refractivity contribution < 1.29 is 13.7 Å². The first kappa shape index (κ1) is 17.9. The van der Waals surface area contributed by atoms with Gasteiger partial charge in [0.15, 0.2) is 0 Å². The average Bonchev–Trinajstić information content (AvgIpc) is 3.29. The molecule has 0 unspecified atom stereocenters. The number of nitrogens with zero attached hydrogens (tertiary/aromatic N) is 3. The molecule has 0 saturated carbocycles. The number of nitrogens with one attached hydrogen (secondary N) is 1. The zero-order chi connectivity index (χ0) is 19.7. The van der Waals surface area contributed by atoms with Crippen molar-refractivity contribution in [3.63, 3.8) is 0 Å². The van der Waals surface area contributed by atoms with Gasteiger partial charge in [0, 0.05) is 11.1 Å². The van der Waals surface area contributed by atoms with Gasteiger partial charge in [-0.25, -0.2) is 0 Å². The third-order valence-electron chi connectivity index (χ3n) is 4.16. The van der Waals surface area contributed by atoms with E-state index in [1.165, 1.54) is 0 Å². The molecule has 2 aromatic carbocycles. The van der Waals surface area contributed by atoms with Crippen LogP contribution in [0.4, 0.5) is 6.01 Å². The van der Waals surface area contributed by atoms with Crippen molar-refractivity contribution in [1.29, 1.82) is 0 Å². The highest BCUT2D eigenvalue weighted by molar-refractivity contribution is 6.33. The molecule has 8 heteroatoms. The number of anilines is 1. The molecule has 28 heavy (non-hydrogen) atoms. The number of rotatable bonds is 4. The minimum Gasteiger partial charge on any atom is -0.403 e. The summed E-state index contributed by atoms with van der Waals surface area (Å²) in [7, 11) is 0. The summed E-state index contributed by atoms with van der Waals surface area (Å²) in [6.07, 6.45) is 0. The highest BCUT2D eigenvalue weighted by atomic mass is 35.5. The van der Waals surface area contributed by atoms with Crippen molar-refractivity contribution >= 4 is 23.5 Å². The van der Waals surface area contributed by atoms with Gasteiger partial charge in [0.25, 0.3) is 5.91 Å². The van der Waals surface area contributed by atoms with Crippen LogP contribution in [0.2, 0.25) is 5.02 Å². The Bertz CT molecular complexity index is 1150. The van der Waals surface area contributed by atoms with Crippen LogP contribution in [-0.2, 0) is 0 Å². The Morgan fingerprint density at radius 3 is 2.54 bits per heavy atom. The van der Waals surface area contributed by atoms with Crippen LogP contribution < -0.4 is 5.32 Å². The van der Waals surface area contributed by atoms with E-state index in [-0.39, 0.29) is 11.6 Å². The highest BCUT2D eigenvalue weighted by Gasteiger charge is 2.24. The second-order valence-electron chi connectivity index (χ2n) is 6.17. The molecule has 0 aliphatic rings. The zero-order valence-electron chi connectivity index (χ0n) is 15.1. The number of aryl methyl sites for hydroxylation is 2. The monoisotopic (exact) mass is 394 g/mol. The van der Waals surface area contributed by atoms with Crippen molar-refractivity contribution in [1.82, 2.24) is 15.4 Å². The average molecular weight is 395 g/mol. The van der Waals surface area contributed by atoms with Crippen LogP contribution in [0.15, 0.2) is 57.5 Å². The lowest BCUT2D eigenvalue weighted by Crippen LogP contribution is -2.13. The lowest BCUT2D eigenvalue weighted by atomic mass is 10.1. The summed E-state index contributed by atoms with van der Waals surface area (Å²) in [4.78, 5) is 12.8. The molecule has 2 aromatic heterocycles. The minimum absolute atomic E-state index is 0.0220. The van der Waals surface area contributed by atoms with Gasteiger partial charge in [-0.1, -0.05) is 57.8 Å². The number of hydrogen-bond donors (Lipinski definition) is 1. The lowest BCUT2D eigenvalue weighted by Gasteiger charge is -2.03. The van der Waals surface area contributed by atoms with Crippen molar-refractivity contribution in [2.24, 2.45) is 0 Å². The maximum atomic E-state index is 12.8. The Kier molecular flexibility index (Phi) is 4.67. The van der Waals surface area contributed by atoms with Crippen LogP contribution in [0.3, 0.4) is 0 Å². The number of amides is 1. The Morgan fingerprint density at radius 2 is 1.79 bits per heavy atom. The molecule has 4 rings (SSSR count). The number of carbonyl (C=O) groups excluding carboxylic acids is 1. The fourth-order valence-corrected chi connectivity index (χ4v) is 2.95. The van der Waals surface area contributed by atoms with Gasteiger partial charge in [0.1, 0.15) is 17.0 Å². The molecule has 7 nitrogen and oxygen atoms in total. The minimum atomic E-state index is -0.479. The van der Waals surface area contributed by atoms with E-state index in [2.05, 4.69) is 20.7 Å². The van der Waals surface area contributed by atoms with Crippen LogP contribution in [0.1, 0.15) is 21.7 Å². The smallest absolute Gasteiger partial charge is 0.322 e. The van der Waals surface area contributed by atoms with Crippen LogP contribution in [-0.4, -0.2) is 21.3 Å². The Morgan fingerprint density at radius 1 is 1.04 bits per heavy atom. The van der Waals surface area contributed by atoms with Crippen molar-refractivity contribution in [3.05, 3.63) is 70.4 Å². The zero-order valence-corrected chi connectivity index (χ0v) is 15.8. The maximum Gasteiger partial charge on any atom is 0.322 e. The number of aromatic nitrogens is 3.